The standard InChI is InChI=1S/C13H17F2NO2S/c1-19(17,18)11-4-2-3-10(9-11)12(16)5-7-13(14,15)8-6-12/h2-4,9H,5-8,16H2,1H3. The molecular formula is C13H17F2NO2S. The SMILES string of the molecule is CS(=O)(=O)c1cccc(C2(N)CCC(F)(F)CC2)c1. The average molecular weight is 289 g/mol. The Morgan fingerprint density at radius 3 is 2.26 bits per heavy atom. The van der Waals surface area contributed by atoms with Crippen molar-refractivity contribution < 1.29 is 17.2 Å². The Kier molecular flexibility index (Phi) is 3.43. The van der Waals surface area contributed by atoms with Crippen molar-refractivity contribution in [3.05, 3.63) is 29.8 Å². The van der Waals surface area contributed by atoms with E-state index in [0.29, 0.717) is 5.56 Å². The van der Waals surface area contributed by atoms with Gasteiger partial charge in [-0.3, -0.25) is 0 Å². The highest BCUT2D eigenvalue weighted by molar-refractivity contribution is 7.90. The van der Waals surface area contributed by atoms with Gasteiger partial charge >= 0.3 is 0 Å². The van der Waals surface area contributed by atoms with Gasteiger partial charge in [0.25, 0.3) is 0 Å². The third kappa shape index (κ3) is 3.12. The van der Waals surface area contributed by atoms with Gasteiger partial charge in [0, 0.05) is 24.6 Å². The zero-order valence-corrected chi connectivity index (χ0v) is 11.5. The number of nitrogens with two attached hydrogens (primary N) is 1. The summed E-state index contributed by atoms with van der Waals surface area (Å²) in [7, 11) is -3.32. The normalized spacial score (nSPS) is 22.1. The first kappa shape index (κ1) is 14.4. The first-order valence-corrected chi connectivity index (χ1v) is 7.99. The van der Waals surface area contributed by atoms with E-state index < -0.39 is 21.3 Å². The van der Waals surface area contributed by atoms with Gasteiger partial charge in [-0.1, -0.05) is 12.1 Å². The van der Waals surface area contributed by atoms with Gasteiger partial charge in [0.05, 0.1) is 4.90 Å². The molecule has 2 rings (SSSR count). The lowest BCUT2D eigenvalue weighted by molar-refractivity contribution is -0.0514. The lowest BCUT2D eigenvalue weighted by Crippen LogP contribution is -2.43. The fourth-order valence-electron chi connectivity index (χ4n) is 2.39. The maximum absolute atomic E-state index is 13.2. The Morgan fingerprint density at radius 1 is 1.16 bits per heavy atom. The Labute approximate surface area is 111 Å². The van der Waals surface area contributed by atoms with Crippen LogP contribution in [-0.4, -0.2) is 20.6 Å². The topological polar surface area (TPSA) is 60.2 Å². The number of alkyl halides is 2. The molecule has 6 heteroatoms. The van der Waals surface area contributed by atoms with Crippen LogP contribution < -0.4 is 5.73 Å². The van der Waals surface area contributed by atoms with Crippen LogP contribution in [0.5, 0.6) is 0 Å². The van der Waals surface area contributed by atoms with E-state index in [-0.39, 0.29) is 30.6 Å². The fraction of sp³-hybridized carbons (Fsp3) is 0.538. The largest absolute Gasteiger partial charge is 0.321 e. The number of benzene rings is 1. The average Bonchev–Trinajstić information content (AvgIpc) is 2.33. The number of hydrogen-bond donors (Lipinski definition) is 1. The number of halogens is 2. The first-order chi connectivity index (χ1) is 8.62. The molecule has 106 valence electrons. The molecule has 1 aromatic rings. The van der Waals surface area contributed by atoms with E-state index in [9.17, 15) is 17.2 Å². The highest BCUT2D eigenvalue weighted by Crippen LogP contribution is 2.42. The molecule has 0 aromatic heterocycles. The Morgan fingerprint density at radius 2 is 1.74 bits per heavy atom. The summed E-state index contributed by atoms with van der Waals surface area (Å²) in [6.07, 6.45) is 0.921. The Bertz CT molecular complexity index is 574. The van der Waals surface area contributed by atoms with Gasteiger partial charge in [0.1, 0.15) is 0 Å². The number of rotatable bonds is 2. The highest BCUT2D eigenvalue weighted by atomic mass is 32.2. The van der Waals surface area contributed by atoms with Crippen molar-refractivity contribution in [3.63, 3.8) is 0 Å². The van der Waals surface area contributed by atoms with E-state index in [1.54, 1.807) is 12.1 Å². The molecule has 0 spiro atoms. The third-order valence-electron chi connectivity index (χ3n) is 3.71. The van der Waals surface area contributed by atoms with E-state index in [0.717, 1.165) is 6.26 Å². The van der Waals surface area contributed by atoms with Crippen molar-refractivity contribution in [3.8, 4) is 0 Å². The predicted octanol–water partition coefficient (Wildman–Crippen LogP) is 2.45. The summed E-state index contributed by atoms with van der Waals surface area (Å²) >= 11 is 0. The quantitative estimate of drug-likeness (QED) is 0.909. The van der Waals surface area contributed by atoms with Crippen molar-refractivity contribution in [2.45, 2.75) is 42.0 Å². The fourth-order valence-corrected chi connectivity index (χ4v) is 3.05. The van der Waals surface area contributed by atoms with Crippen LogP contribution in [0.3, 0.4) is 0 Å². The summed E-state index contributed by atoms with van der Waals surface area (Å²) in [4.78, 5) is 0.173. The molecule has 0 atom stereocenters. The molecule has 0 amide bonds. The molecule has 0 unspecified atom stereocenters. The lowest BCUT2D eigenvalue weighted by Gasteiger charge is -2.37. The third-order valence-corrected chi connectivity index (χ3v) is 4.82. The van der Waals surface area contributed by atoms with Crippen molar-refractivity contribution in [1.82, 2.24) is 0 Å². The minimum Gasteiger partial charge on any atom is -0.321 e. The number of sulfone groups is 1. The summed E-state index contributed by atoms with van der Waals surface area (Å²) in [5.74, 6) is -2.66. The molecule has 2 N–H and O–H groups in total. The van der Waals surface area contributed by atoms with Gasteiger partial charge in [-0.25, -0.2) is 17.2 Å². The molecule has 1 aliphatic carbocycles. The van der Waals surface area contributed by atoms with Crippen molar-refractivity contribution in [2.75, 3.05) is 6.26 Å². The zero-order chi connectivity index (χ0) is 14.3. The molecule has 0 saturated heterocycles. The molecule has 0 bridgehead atoms. The molecule has 3 nitrogen and oxygen atoms in total. The summed E-state index contributed by atoms with van der Waals surface area (Å²) in [6, 6.07) is 6.30. The van der Waals surface area contributed by atoms with E-state index >= 15 is 0 Å². The van der Waals surface area contributed by atoms with E-state index in [2.05, 4.69) is 0 Å². The second-order valence-electron chi connectivity index (χ2n) is 5.31. The van der Waals surface area contributed by atoms with Crippen LogP contribution in [0.2, 0.25) is 0 Å². The van der Waals surface area contributed by atoms with E-state index in [4.69, 9.17) is 5.73 Å². The molecule has 0 radical (unpaired) electrons. The highest BCUT2D eigenvalue weighted by Gasteiger charge is 2.42. The van der Waals surface area contributed by atoms with Gasteiger partial charge in [-0.05, 0) is 30.5 Å². The van der Waals surface area contributed by atoms with Crippen LogP contribution in [0, 0.1) is 0 Å². The van der Waals surface area contributed by atoms with Crippen molar-refractivity contribution in [1.29, 1.82) is 0 Å². The number of hydrogen-bond acceptors (Lipinski definition) is 3. The first-order valence-electron chi connectivity index (χ1n) is 6.10. The molecule has 19 heavy (non-hydrogen) atoms. The maximum atomic E-state index is 13.2. The second-order valence-corrected chi connectivity index (χ2v) is 7.33. The minimum atomic E-state index is -3.32. The lowest BCUT2D eigenvalue weighted by atomic mass is 9.76. The van der Waals surface area contributed by atoms with Crippen LogP contribution in [0.25, 0.3) is 0 Å². The van der Waals surface area contributed by atoms with Crippen LogP contribution in [0.15, 0.2) is 29.2 Å². The van der Waals surface area contributed by atoms with Gasteiger partial charge < -0.3 is 5.73 Å². The van der Waals surface area contributed by atoms with Crippen LogP contribution in [0.1, 0.15) is 31.2 Å². The molecule has 0 aliphatic heterocycles. The Balaban J connectivity index is 2.32. The van der Waals surface area contributed by atoms with Gasteiger partial charge in [0.2, 0.25) is 5.92 Å². The van der Waals surface area contributed by atoms with Crippen LogP contribution >= 0.6 is 0 Å². The maximum Gasteiger partial charge on any atom is 0.248 e. The van der Waals surface area contributed by atoms with E-state index in [1.165, 1.54) is 12.1 Å². The zero-order valence-electron chi connectivity index (χ0n) is 10.7. The smallest absolute Gasteiger partial charge is 0.248 e. The van der Waals surface area contributed by atoms with E-state index in [1.807, 2.05) is 0 Å². The van der Waals surface area contributed by atoms with Crippen molar-refractivity contribution >= 4 is 9.84 Å². The molecule has 1 saturated carbocycles. The van der Waals surface area contributed by atoms with Gasteiger partial charge in [0.15, 0.2) is 9.84 Å². The summed E-state index contributed by atoms with van der Waals surface area (Å²) < 4.78 is 49.4. The predicted molar refractivity (Wildman–Crippen MR) is 68.8 cm³/mol. The van der Waals surface area contributed by atoms with Gasteiger partial charge in [-0.2, -0.15) is 0 Å². The summed E-state index contributed by atoms with van der Waals surface area (Å²) in [5.41, 5.74) is 5.94. The van der Waals surface area contributed by atoms with Gasteiger partial charge in [-0.15, -0.1) is 0 Å². The molecule has 1 aromatic carbocycles. The Hall–Kier alpha value is -1.01. The summed E-state index contributed by atoms with van der Waals surface area (Å²) in [6.45, 7) is 0. The second kappa shape index (κ2) is 4.52. The molecular weight excluding hydrogens is 272 g/mol. The molecule has 1 aliphatic rings. The monoisotopic (exact) mass is 289 g/mol. The summed E-state index contributed by atoms with van der Waals surface area (Å²) in [5, 5.41) is 0. The minimum absolute atomic E-state index is 0.160. The van der Waals surface area contributed by atoms with Crippen LogP contribution in [-0.2, 0) is 15.4 Å². The molecule has 1 fully saturated rings. The van der Waals surface area contributed by atoms with Crippen molar-refractivity contribution in [2.24, 2.45) is 5.73 Å². The molecule has 0 heterocycles. The van der Waals surface area contributed by atoms with Crippen LogP contribution in [0.4, 0.5) is 8.78 Å².